The zero-order valence-corrected chi connectivity index (χ0v) is 14.6. The second kappa shape index (κ2) is 10.7. The van der Waals surface area contributed by atoms with Gasteiger partial charge >= 0.3 is 17.1 Å². The van der Waals surface area contributed by atoms with Gasteiger partial charge in [-0.3, -0.25) is 18.2 Å². The van der Waals surface area contributed by atoms with Crippen LogP contribution in [0.25, 0.3) is 0 Å². The molecule has 0 atom stereocenters. The third-order valence-electron chi connectivity index (χ3n) is 2.64. The summed E-state index contributed by atoms with van der Waals surface area (Å²) in [4.78, 5) is 18.8. The summed E-state index contributed by atoms with van der Waals surface area (Å²) in [6.07, 6.45) is 4.79. The molecule has 1 aliphatic rings. The first-order valence-corrected chi connectivity index (χ1v) is 7.80. The quantitative estimate of drug-likeness (QED) is 0.181. The molecule has 0 fully saturated rings. The molecule has 0 unspecified atom stereocenters. The average Bonchev–Trinajstić information content (AvgIpc) is 2.51. The summed E-state index contributed by atoms with van der Waals surface area (Å²) in [6, 6.07) is 5.57. The maximum atomic E-state index is 11.9. The molecule has 0 saturated carbocycles. The number of nitrogens with one attached hydrogen (secondary N) is 3. The first-order valence-electron chi connectivity index (χ1n) is 6.47. The van der Waals surface area contributed by atoms with Crippen LogP contribution in [-0.2, 0) is 32.3 Å². The van der Waals surface area contributed by atoms with Crippen LogP contribution in [0, 0.1) is 0 Å². The van der Waals surface area contributed by atoms with Gasteiger partial charge in [-0.05, 0) is 13.0 Å². The second-order valence-electron chi connectivity index (χ2n) is 4.37. The molecule has 0 radical (unpaired) electrons. The number of hydrazine groups is 1. The Labute approximate surface area is 154 Å². The molecule has 4 N–H and O–H groups in total. The number of aromatic amines is 1. The van der Waals surface area contributed by atoms with Crippen LogP contribution in [0.3, 0.4) is 0 Å². The van der Waals surface area contributed by atoms with E-state index in [4.69, 9.17) is 17.5 Å². The van der Waals surface area contributed by atoms with Gasteiger partial charge in [0, 0.05) is 34.4 Å². The molecule has 1 aliphatic heterocycles. The predicted octanol–water partition coefficient (Wildman–Crippen LogP) is -1.12. The van der Waals surface area contributed by atoms with Gasteiger partial charge in [-0.2, -0.15) is 5.43 Å². The number of rotatable bonds is 4. The van der Waals surface area contributed by atoms with E-state index in [9.17, 15) is 9.90 Å². The Kier molecular flexibility index (Phi) is 9.82. The molecule has 0 saturated heterocycles. The first-order chi connectivity index (χ1) is 11.2. The number of aliphatic hydroxyl groups excluding tert-OH is 1. The van der Waals surface area contributed by atoms with Gasteiger partial charge in [0.1, 0.15) is 0 Å². The molecule has 0 amide bonds. The number of hydrogen-bond donors (Lipinski definition) is 3. The SMILES string of the molecule is CC1=NC=C(CO)/C(=C/NNc2cccc[nH+]2)C1=O.O=S(=O)([O-])[O-].[Cu+]. The monoisotopic (exact) mass is 418 g/mol. The molecule has 1 aromatic rings. The van der Waals surface area contributed by atoms with E-state index >= 15 is 0 Å². The molecular formula is C13H15CuN4O6S. The number of ketones is 1. The third kappa shape index (κ3) is 9.10. The number of aliphatic imine (C=N–C) groups is 1. The standard InChI is InChI=1S/C13H14N4O2.Cu.H2O4S/c1-9-13(19)11(10(8-18)6-15-9)7-16-17-12-4-2-3-5-14-12;;1-5(2,3)4/h2-7,16,18H,8H2,1H3,(H,14,17);;(H2,1,2,3,4)/q;+1;/p-1/b11-7-;;. The molecule has 2 heterocycles. The molecule has 0 spiro atoms. The van der Waals surface area contributed by atoms with Crippen LogP contribution >= 0.6 is 0 Å². The zero-order chi connectivity index (χ0) is 18.2. The van der Waals surface area contributed by atoms with Crippen LogP contribution in [0.1, 0.15) is 6.92 Å². The van der Waals surface area contributed by atoms with Crippen LogP contribution in [0.4, 0.5) is 5.82 Å². The van der Waals surface area contributed by atoms with E-state index in [1.165, 1.54) is 12.4 Å². The molecule has 140 valence electrons. The van der Waals surface area contributed by atoms with Gasteiger partial charge < -0.3 is 14.2 Å². The fourth-order valence-corrected chi connectivity index (χ4v) is 1.58. The molecule has 10 nitrogen and oxygen atoms in total. The molecular weight excluding hydrogens is 404 g/mol. The minimum absolute atomic E-state index is 0. The molecule has 2 rings (SSSR count). The molecule has 0 aliphatic carbocycles. The molecule has 25 heavy (non-hydrogen) atoms. The summed E-state index contributed by atoms with van der Waals surface area (Å²) in [7, 11) is -5.17. The number of pyridine rings is 1. The van der Waals surface area contributed by atoms with Crippen molar-refractivity contribution in [1.29, 1.82) is 0 Å². The Hall–Kier alpha value is -2.08. The first kappa shape index (κ1) is 22.9. The summed E-state index contributed by atoms with van der Waals surface area (Å²) in [5, 5.41) is 9.20. The molecule has 0 aromatic carbocycles. The fourth-order valence-electron chi connectivity index (χ4n) is 1.58. The maximum absolute atomic E-state index is 11.9. The zero-order valence-electron chi connectivity index (χ0n) is 12.8. The smallest absolute Gasteiger partial charge is 0.759 e. The van der Waals surface area contributed by atoms with Crippen LogP contribution in [0.15, 0.2) is 52.9 Å². The number of aromatic nitrogens is 1. The van der Waals surface area contributed by atoms with Crippen molar-refractivity contribution >= 4 is 27.7 Å². The van der Waals surface area contributed by atoms with Crippen molar-refractivity contribution in [2.45, 2.75) is 6.92 Å². The van der Waals surface area contributed by atoms with E-state index in [2.05, 4.69) is 20.8 Å². The van der Waals surface area contributed by atoms with Crippen molar-refractivity contribution in [3.05, 3.63) is 47.9 Å². The van der Waals surface area contributed by atoms with Gasteiger partial charge in [-0.1, -0.05) is 6.07 Å². The summed E-state index contributed by atoms with van der Waals surface area (Å²) < 4.78 is 34.1. The van der Waals surface area contributed by atoms with Crippen LogP contribution in [-0.4, -0.2) is 40.7 Å². The van der Waals surface area contributed by atoms with Gasteiger partial charge in [-0.25, -0.2) is 10.4 Å². The molecule has 12 heteroatoms. The summed E-state index contributed by atoms with van der Waals surface area (Å²) in [5.74, 6) is 0.556. The topological polar surface area (TPSA) is 168 Å². The summed E-state index contributed by atoms with van der Waals surface area (Å²) in [6.45, 7) is 1.41. The van der Waals surface area contributed by atoms with E-state index in [1.54, 1.807) is 13.1 Å². The minimum Gasteiger partial charge on any atom is -0.759 e. The number of aliphatic hydroxyl groups is 1. The fraction of sp³-hybridized carbons (Fsp3) is 0.154. The van der Waals surface area contributed by atoms with Crippen molar-refractivity contribution in [3.8, 4) is 0 Å². The maximum Gasteiger partial charge on any atom is 1.00 e. The third-order valence-corrected chi connectivity index (χ3v) is 2.64. The minimum atomic E-state index is -5.17. The Morgan fingerprint density at radius 2 is 2.00 bits per heavy atom. The van der Waals surface area contributed by atoms with Crippen molar-refractivity contribution in [2.75, 3.05) is 12.0 Å². The normalized spacial score (nSPS) is 15.2. The van der Waals surface area contributed by atoms with E-state index < -0.39 is 10.4 Å². The van der Waals surface area contributed by atoms with Crippen molar-refractivity contribution in [2.24, 2.45) is 4.99 Å². The van der Waals surface area contributed by atoms with Gasteiger partial charge in [0.05, 0.1) is 24.1 Å². The summed E-state index contributed by atoms with van der Waals surface area (Å²) in [5.41, 5.74) is 6.99. The Morgan fingerprint density at radius 1 is 1.36 bits per heavy atom. The van der Waals surface area contributed by atoms with Crippen LogP contribution in [0.5, 0.6) is 0 Å². The average molecular weight is 419 g/mol. The second-order valence-corrected chi connectivity index (χ2v) is 5.18. The van der Waals surface area contributed by atoms with E-state index in [0.717, 1.165) is 5.82 Å². The molecule has 1 aromatic heterocycles. The van der Waals surface area contributed by atoms with E-state index in [0.29, 0.717) is 16.9 Å². The summed E-state index contributed by atoms with van der Waals surface area (Å²) >= 11 is 0. The van der Waals surface area contributed by atoms with Crippen LogP contribution in [0.2, 0.25) is 0 Å². The number of carbonyl (C=O) groups excluding carboxylic acids is 1. The van der Waals surface area contributed by atoms with Gasteiger partial charge in [-0.15, -0.1) is 0 Å². The van der Waals surface area contributed by atoms with Crippen molar-refractivity contribution in [1.82, 2.24) is 5.43 Å². The number of H-pyrrole nitrogens is 1. The number of anilines is 1. The largest absolute Gasteiger partial charge is 1.00 e. The number of carbonyl (C=O) groups is 1. The number of Topliss-reactive ketones (excluding diaryl/α,β-unsaturated/α-hetero) is 1. The Balaban J connectivity index is 0.000000848. The van der Waals surface area contributed by atoms with E-state index in [-0.39, 0.29) is 29.5 Å². The van der Waals surface area contributed by atoms with Gasteiger partial charge in [0.25, 0.3) is 5.82 Å². The van der Waals surface area contributed by atoms with Gasteiger partial charge in [0.15, 0.2) is 0 Å². The number of hydrogen-bond acceptors (Lipinski definition) is 9. The van der Waals surface area contributed by atoms with Crippen molar-refractivity contribution < 1.29 is 49.5 Å². The number of nitrogens with zero attached hydrogens (tertiary/aromatic N) is 1. The van der Waals surface area contributed by atoms with Gasteiger partial charge in [0.2, 0.25) is 5.78 Å². The van der Waals surface area contributed by atoms with Crippen molar-refractivity contribution in [3.63, 3.8) is 0 Å². The predicted molar refractivity (Wildman–Crippen MR) is 81.6 cm³/mol. The van der Waals surface area contributed by atoms with E-state index in [1.807, 2.05) is 18.2 Å². The molecule has 0 bridgehead atoms. The Bertz CT molecular complexity index is 769. The Morgan fingerprint density at radius 3 is 2.52 bits per heavy atom. The van der Waals surface area contributed by atoms with Crippen LogP contribution < -0.4 is 15.8 Å².